The number of allylic oxidation sites excluding steroid dienone is 1. The van der Waals surface area contributed by atoms with E-state index in [-0.39, 0.29) is 10.8 Å². The molecule has 0 aromatic heterocycles. The normalized spacial score (nSPS) is 17.4. The third-order valence-corrected chi connectivity index (χ3v) is 9.38. The lowest BCUT2D eigenvalue weighted by molar-refractivity contribution is 0.429. The molecule has 0 bridgehead atoms. The minimum atomic E-state index is 0.0581. The quantitative estimate of drug-likeness (QED) is 0.189. The molecule has 0 heterocycles. The van der Waals surface area contributed by atoms with Gasteiger partial charge in [-0.3, -0.25) is 0 Å². The topological polar surface area (TPSA) is 0 Å². The van der Waals surface area contributed by atoms with Gasteiger partial charge >= 0.3 is 0 Å². The summed E-state index contributed by atoms with van der Waals surface area (Å²) in [7, 11) is 0. The summed E-state index contributed by atoms with van der Waals surface area (Å²) in [6.07, 6.45) is 7.67. The summed E-state index contributed by atoms with van der Waals surface area (Å²) >= 11 is 0. The molecule has 0 fully saturated rings. The third-order valence-electron chi connectivity index (χ3n) is 9.38. The van der Waals surface area contributed by atoms with Crippen molar-refractivity contribution in [2.24, 2.45) is 5.92 Å². The van der Waals surface area contributed by atoms with Gasteiger partial charge in [-0.1, -0.05) is 133 Å². The molecular formula is C41H44. The Labute approximate surface area is 247 Å². The van der Waals surface area contributed by atoms with Crippen LogP contribution in [-0.2, 0) is 23.7 Å². The van der Waals surface area contributed by atoms with Crippen LogP contribution in [0.3, 0.4) is 0 Å². The Morgan fingerprint density at radius 3 is 2.02 bits per heavy atom. The first kappa shape index (κ1) is 27.6. The molecule has 0 amide bonds. The summed E-state index contributed by atoms with van der Waals surface area (Å²) < 4.78 is 0. The highest BCUT2D eigenvalue weighted by Crippen LogP contribution is 2.50. The molecule has 2 aliphatic rings. The monoisotopic (exact) mass is 536 g/mol. The number of benzene rings is 4. The van der Waals surface area contributed by atoms with Crippen LogP contribution in [0.2, 0.25) is 0 Å². The van der Waals surface area contributed by atoms with E-state index in [4.69, 9.17) is 0 Å². The minimum Gasteiger partial charge on any atom is -0.129 e. The van der Waals surface area contributed by atoms with Crippen LogP contribution in [0.4, 0.5) is 0 Å². The Kier molecular flexibility index (Phi) is 7.17. The smallest absolute Gasteiger partial charge is 0.00106 e. The summed E-state index contributed by atoms with van der Waals surface area (Å²) in [5.41, 5.74) is 16.8. The second-order valence-electron chi connectivity index (χ2n) is 14.3. The lowest BCUT2D eigenvalue weighted by Gasteiger charge is -2.35. The lowest BCUT2D eigenvalue weighted by Crippen LogP contribution is -2.23. The van der Waals surface area contributed by atoms with Gasteiger partial charge in [0.1, 0.15) is 0 Å². The lowest BCUT2D eigenvalue weighted by atomic mass is 9.69. The van der Waals surface area contributed by atoms with Crippen molar-refractivity contribution in [3.8, 4) is 11.1 Å². The second-order valence-corrected chi connectivity index (χ2v) is 14.3. The van der Waals surface area contributed by atoms with Gasteiger partial charge in [0.2, 0.25) is 0 Å². The van der Waals surface area contributed by atoms with E-state index in [1.165, 1.54) is 44.5 Å². The highest BCUT2D eigenvalue weighted by Gasteiger charge is 2.36. The number of rotatable bonds is 6. The van der Waals surface area contributed by atoms with Gasteiger partial charge in [0.15, 0.2) is 0 Å². The van der Waals surface area contributed by atoms with Crippen LogP contribution < -0.4 is 0 Å². The van der Waals surface area contributed by atoms with Crippen molar-refractivity contribution >= 4 is 0 Å². The maximum Gasteiger partial charge on any atom is -0.00106 e. The maximum absolute atomic E-state index is 3.47. The molecule has 0 spiro atoms. The Bertz CT molecular complexity index is 1600. The summed E-state index contributed by atoms with van der Waals surface area (Å²) in [5.74, 6) is 1.16. The van der Waals surface area contributed by atoms with Crippen LogP contribution in [0, 0.1) is 5.92 Å². The van der Waals surface area contributed by atoms with E-state index in [0.717, 1.165) is 19.3 Å². The molecule has 6 rings (SSSR count). The van der Waals surface area contributed by atoms with Gasteiger partial charge in [-0.05, 0) is 110 Å². The molecule has 4 aromatic rings. The molecule has 3 unspecified atom stereocenters. The van der Waals surface area contributed by atoms with Gasteiger partial charge in [0.05, 0.1) is 0 Å². The van der Waals surface area contributed by atoms with Crippen LogP contribution in [-0.4, -0.2) is 0 Å². The Balaban J connectivity index is 1.59. The average molecular weight is 537 g/mol. The number of fused-ring (bicyclic) bond motifs is 3. The van der Waals surface area contributed by atoms with E-state index in [9.17, 15) is 0 Å². The molecule has 0 radical (unpaired) electrons. The van der Waals surface area contributed by atoms with Crippen molar-refractivity contribution in [2.75, 3.05) is 0 Å². The Morgan fingerprint density at radius 2 is 1.39 bits per heavy atom. The van der Waals surface area contributed by atoms with Crippen molar-refractivity contribution in [3.05, 3.63) is 148 Å². The van der Waals surface area contributed by atoms with E-state index in [1.54, 1.807) is 5.56 Å². The molecule has 0 saturated heterocycles. The van der Waals surface area contributed by atoms with E-state index < -0.39 is 0 Å². The van der Waals surface area contributed by atoms with Gasteiger partial charge < -0.3 is 0 Å². The second kappa shape index (κ2) is 10.7. The SMILES string of the molecule is CC(C)(C)c1ccc2c(c1)-c1cc(C(C)(C)C)cc(C(Cc3ccccc3)C(c3ccccc3)C3C=C=CC3)c1C2. The molecule has 0 saturated carbocycles. The molecule has 2 aliphatic carbocycles. The molecule has 0 aliphatic heterocycles. The largest absolute Gasteiger partial charge is 0.129 e. The zero-order valence-electron chi connectivity index (χ0n) is 25.7. The fourth-order valence-electron chi connectivity index (χ4n) is 7.00. The molecule has 0 N–H and O–H groups in total. The summed E-state index contributed by atoms with van der Waals surface area (Å²) in [6.45, 7) is 14.1. The van der Waals surface area contributed by atoms with Crippen molar-refractivity contribution in [1.29, 1.82) is 0 Å². The van der Waals surface area contributed by atoms with E-state index in [0.29, 0.717) is 17.8 Å². The van der Waals surface area contributed by atoms with Crippen molar-refractivity contribution in [2.45, 2.75) is 83.5 Å². The molecule has 3 atom stereocenters. The fraction of sp³-hybridized carbons (Fsp3) is 0.341. The average Bonchev–Trinajstić information content (AvgIpc) is 3.60. The van der Waals surface area contributed by atoms with Crippen molar-refractivity contribution in [1.82, 2.24) is 0 Å². The zero-order valence-corrected chi connectivity index (χ0v) is 25.7. The standard InChI is InChI=1S/C41H44/c1-40(2,3)32-22-21-31-24-35-36(34(31)25-32)26-33(41(4,5)6)27-37(35)38(23-28-15-9-7-10-16-28)39(30-19-13-14-20-30)29-17-11-8-12-18-29/h7-13,15-18,20-22,25-27,30,38-39H,19,23-24H2,1-6H3. The Hall–Kier alpha value is -3.60. The first-order chi connectivity index (χ1) is 19.6. The predicted molar refractivity (Wildman–Crippen MR) is 175 cm³/mol. The fourth-order valence-corrected chi connectivity index (χ4v) is 7.00. The number of hydrogen-bond donors (Lipinski definition) is 0. The highest BCUT2D eigenvalue weighted by molar-refractivity contribution is 5.80. The van der Waals surface area contributed by atoms with Crippen LogP contribution in [0.1, 0.15) is 98.7 Å². The van der Waals surface area contributed by atoms with Crippen LogP contribution in [0.5, 0.6) is 0 Å². The summed E-state index contributed by atoms with van der Waals surface area (Å²) in [5, 5.41) is 0. The minimum absolute atomic E-state index is 0.0581. The first-order valence-electron chi connectivity index (χ1n) is 15.4. The van der Waals surface area contributed by atoms with E-state index in [2.05, 4.69) is 150 Å². The third kappa shape index (κ3) is 5.51. The van der Waals surface area contributed by atoms with Gasteiger partial charge in [-0.25, -0.2) is 0 Å². The van der Waals surface area contributed by atoms with Gasteiger partial charge in [0.25, 0.3) is 0 Å². The summed E-state index contributed by atoms with van der Waals surface area (Å²) in [6, 6.07) is 34.8. The van der Waals surface area contributed by atoms with Crippen LogP contribution in [0.25, 0.3) is 11.1 Å². The van der Waals surface area contributed by atoms with Crippen LogP contribution in [0.15, 0.2) is 109 Å². The van der Waals surface area contributed by atoms with Gasteiger partial charge in [0, 0.05) is 0 Å². The Morgan fingerprint density at radius 1 is 0.732 bits per heavy atom. The zero-order chi connectivity index (χ0) is 28.8. The van der Waals surface area contributed by atoms with Gasteiger partial charge in [-0.15, -0.1) is 5.73 Å². The molecule has 4 aromatic carbocycles. The number of hydrogen-bond acceptors (Lipinski definition) is 0. The molecule has 0 heteroatoms. The van der Waals surface area contributed by atoms with Crippen molar-refractivity contribution in [3.63, 3.8) is 0 Å². The highest BCUT2D eigenvalue weighted by atomic mass is 14.4. The molecule has 41 heavy (non-hydrogen) atoms. The van der Waals surface area contributed by atoms with E-state index >= 15 is 0 Å². The summed E-state index contributed by atoms with van der Waals surface area (Å²) in [4.78, 5) is 0. The predicted octanol–water partition coefficient (Wildman–Crippen LogP) is 10.7. The van der Waals surface area contributed by atoms with Crippen LogP contribution >= 0.6 is 0 Å². The van der Waals surface area contributed by atoms with Gasteiger partial charge in [-0.2, -0.15) is 0 Å². The molecule has 208 valence electrons. The molecule has 0 nitrogen and oxygen atoms in total. The molecular weight excluding hydrogens is 492 g/mol. The maximum atomic E-state index is 3.47. The first-order valence-corrected chi connectivity index (χ1v) is 15.4. The van der Waals surface area contributed by atoms with E-state index in [1.807, 2.05) is 0 Å². The van der Waals surface area contributed by atoms with Crippen molar-refractivity contribution < 1.29 is 0 Å².